The summed E-state index contributed by atoms with van der Waals surface area (Å²) in [6, 6.07) is 5.34. The SMILES string of the molecule is CCOC(=O)C(=O)N(C)c1ccc(OC)c(CC)c1. The number of hydrogen-bond acceptors (Lipinski definition) is 4. The molecule has 0 aromatic heterocycles. The predicted octanol–water partition coefficient (Wildman–Crippen LogP) is 1.78. The maximum absolute atomic E-state index is 11.8. The van der Waals surface area contributed by atoms with Crippen molar-refractivity contribution in [3.05, 3.63) is 23.8 Å². The summed E-state index contributed by atoms with van der Waals surface area (Å²) in [6.45, 7) is 3.84. The highest BCUT2D eigenvalue weighted by atomic mass is 16.5. The van der Waals surface area contributed by atoms with E-state index >= 15 is 0 Å². The fourth-order valence-electron chi connectivity index (χ4n) is 1.70. The molecule has 19 heavy (non-hydrogen) atoms. The molecule has 0 unspecified atom stereocenters. The van der Waals surface area contributed by atoms with Crippen LogP contribution in [0.15, 0.2) is 18.2 Å². The van der Waals surface area contributed by atoms with E-state index in [1.165, 1.54) is 4.90 Å². The molecule has 0 aliphatic heterocycles. The van der Waals surface area contributed by atoms with E-state index in [1.54, 1.807) is 33.2 Å². The number of likely N-dealkylation sites (N-methyl/N-ethyl adjacent to an activating group) is 1. The predicted molar refractivity (Wildman–Crippen MR) is 72.4 cm³/mol. The number of hydrogen-bond donors (Lipinski definition) is 0. The van der Waals surface area contributed by atoms with Crippen LogP contribution in [0.5, 0.6) is 5.75 Å². The Kier molecular flexibility index (Phi) is 5.36. The number of anilines is 1. The van der Waals surface area contributed by atoms with Crippen LogP contribution in [0.25, 0.3) is 0 Å². The van der Waals surface area contributed by atoms with Gasteiger partial charge in [-0.2, -0.15) is 0 Å². The molecule has 1 aromatic carbocycles. The minimum absolute atomic E-state index is 0.182. The van der Waals surface area contributed by atoms with Crippen molar-refractivity contribution < 1.29 is 19.1 Å². The van der Waals surface area contributed by atoms with E-state index in [-0.39, 0.29) is 6.61 Å². The lowest BCUT2D eigenvalue weighted by Crippen LogP contribution is -2.34. The van der Waals surface area contributed by atoms with Crippen molar-refractivity contribution in [1.82, 2.24) is 0 Å². The van der Waals surface area contributed by atoms with Gasteiger partial charge in [0.05, 0.1) is 13.7 Å². The molecule has 0 heterocycles. The molecule has 0 atom stereocenters. The van der Waals surface area contributed by atoms with Crippen LogP contribution < -0.4 is 9.64 Å². The summed E-state index contributed by atoms with van der Waals surface area (Å²) in [7, 11) is 3.14. The van der Waals surface area contributed by atoms with Gasteiger partial charge in [0.25, 0.3) is 0 Å². The third-order valence-electron chi connectivity index (χ3n) is 2.79. The molecule has 5 heteroatoms. The highest BCUT2D eigenvalue weighted by Gasteiger charge is 2.21. The number of amides is 1. The smallest absolute Gasteiger partial charge is 0.397 e. The Bertz CT molecular complexity index is 471. The minimum Gasteiger partial charge on any atom is -0.496 e. The van der Waals surface area contributed by atoms with Gasteiger partial charge in [0.2, 0.25) is 0 Å². The van der Waals surface area contributed by atoms with Crippen molar-refractivity contribution in [3.8, 4) is 5.75 Å². The number of benzene rings is 1. The zero-order chi connectivity index (χ0) is 14.4. The van der Waals surface area contributed by atoms with Crippen molar-refractivity contribution >= 4 is 17.6 Å². The fourth-order valence-corrected chi connectivity index (χ4v) is 1.70. The molecule has 0 aliphatic carbocycles. The van der Waals surface area contributed by atoms with E-state index in [9.17, 15) is 9.59 Å². The topological polar surface area (TPSA) is 55.8 Å². The molecule has 1 rings (SSSR count). The summed E-state index contributed by atoms with van der Waals surface area (Å²) in [5.41, 5.74) is 1.61. The van der Waals surface area contributed by atoms with Crippen LogP contribution >= 0.6 is 0 Å². The van der Waals surface area contributed by atoms with E-state index in [0.29, 0.717) is 5.69 Å². The van der Waals surface area contributed by atoms with Crippen LogP contribution in [0.3, 0.4) is 0 Å². The van der Waals surface area contributed by atoms with Gasteiger partial charge in [-0.1, -0.05) is 6.92 Å². The Morgan fingerprint density at radius 1 is 1.26 bits per heavy atom. The van der Waals surface area contributed by atoms with E-state index < -0.39 is 11.9 Å². The third-order valence-corrected chi connectivity index (χ3v) is 2.79. The molecule has 0 bridgehead atoms. The number of esters is 1. The maximum Gasteiger partial charge on any atom is 0.397 e. The standard InChI is InChI=1S/C14H19NO4/c1-5-10-9-11(7-8-12(10)18-4)15(3)13(16)14(17)19-6-2/h7-9H,5-6H2,1-4H3. The van der Waals surface area contributed by atoms with E-state index in [1.807, 2.05) is 13.0 Å². The maximum atomic E-state index is 11.8. The number of carbonyl (C=O) groups is 2. The van der Waals surface area contributed by atoms with Crippen LogP contribution in [0.1, 0.15) is 19.4 Å². The van der Waals surface area contributed by atoms with E-state index in [0.717, 1.165) is 17.7 Å². The molecule has 5 nitrogen and oxygen atoms in total. The Balaban J connectivity index is 2.96. The lowest BCUT2D eigenvalue weighted by molar-refractivity contribution is -0.153. The van der Waals surface area contributed by atoms with E-state index in [4.69, 9.17) is 9.47 Å². The van der Waals surface area contributed by atoms with Crippen molar-refractivity contribution in [1.29, 1.82) is 0 Å². The lowest BCUT2D eigenvalue weighted by atomic mass is 10.1. The summed E-state index contributed by atoms with van der Waals surface area (Å²) in [4.78, 5) is 24.5. The van der Waals surface area contributed by atoms with Gasteiger partial charge in [0.15, 0.2) is 0 Å². The average molecular weight is 265 g/mol. The monoisotopic (exact) mass is 265 g/mol. The molecular formula is C14H19NO4. The lowest BCUT2D eigenvalue weighted by Gasteiger charge is -2.18. The number of rotatable bonds is 4. The van der Waals surface area contributed by atoms with Crippen molar-refractivity contribution in [3.63, 3.8) is 0 Å². The van der Waals surface area contributed by atoms with Crippen LogP contribution in [-0.2, 0) is 20.7 Å². The van der Waals surface area contributed by atoms with Crippen LogP contribution in [0, 0.1) is 0 Å². The van der Waals surface area contributed by atoms with Gasteiger partial charge in [0.1, 0.15) is 5.75 Å². The summed E-state index contributed by atoms with van der Waals surface area (Å²) >= 11 is 0. The molecule has 104 valence electrons. The Labute approximate surface area is 113 Å². The summed E-state index contributed by atoms with van der Waals surface area (Å²) in [5, 5.41) is 0. The number of nitrogens with zero attached hydrogens (tertiary/aromatic N) is 1. The largest absolute Gasteiger partial charge is 0.496 e. The molecule has 0 saturated carbocycles. The molecule has 1 aromatic rings. The van der Waals surface area contributed by atoms with Gasteiger partial charge < -0.3 is 14.4 Å². The second kappa shape index (κ2) is 6.78. The zero-order valence-electron chi connectivity index (χ0n) is 11.7. The molecule has 1 amide bonds. The molecule has 0 saturated heterocycles. The second-order valence-corrected chi connectivity index (χ2v) is 3.93. The Morgan fingerprint density at radius 3 is 2.47 bits per heavy atom. The van der Waals surface area contributed by atoms with Crippen LogP contribution in [0.4, 0.5) is 5.69 Å². The van der Waals surface area contributed by atoms with Crippen molar-refractivity contribution in [2.75, 3.05) is 25.7 Å². The van der Waals surface area contributed by atoms with Gasteiger partial charge in [-0.25, -0.2) is 4.79 Å². The second-order valence-electron chi connectivity index (χ2n) is 3.93. The normalized spacial score (nSPS) is 9.89. The van der Waals surface area contributed by atoms with Gasteiger partial charge >= 0.3 is 11.9 Å². The molecule has 0 spiro atoms. The van der Waals surface area contributed by atoms with Gasteiger partial charge in [0, 0.05) is 12.7 Å². The van der Waals surface area contributed by atoms with Crippen molar-refractivity contribution in [2.45, 2.75) is 20.3 Å². The van der Waals surface area contributed by atoms with Crippen LogP contribution in [-0.4, -0.2) is 32.6 Å². The van der Waals surface area contributed by atoms with Gasteiger partial charge in [-0.05, 0) is 37.1 Å². The number of aryl methyl sites for hydroxylation is 1. The fraction of sp³-hybridized carbons (Fsp3) is 0.429. The van der Waals surface area contributed by atoms with Crippen LogP contribution in [0.2, 0.25) is 0 Å². The number of carbonyl (C=O) groups excluding carboxylic acids is 2. The summed E-state index contributed by atoms with van der Waals surface area (Å²) in [5.74, 6) is -0.767. The first-order valence-corrected chi connectivity index (χ1v) is 6.16. The quantitative estimate of drug-likeness (QED) is 0.615. The number of ether oxygens (including phenoxy) is 2. The molecule has 0 radical (unpaired) electrons. The highest BCUT2D eigenvalue weighted by molar-refractivity contribution is 6.37. The third kappa shape index (κ3) is 3.47. The summed E-state index contributed by atoms with van der Waals surface area (Å²) < 4.78 is 9.92. The van der Waals surface area contributed by atoms with E-state index in [2.05, 4.69) is 0 Å². The summed E-state index contributed by atoms with van der Waals surface area (Å²) in [6.07, 6.45) is 0.776. The van der Waals surface area contributed by atoms with Gasteiger partial charge in [-0.15, -0.1) is 0 Å². The number of methoxy groups -OCH3 is 1. The van der Waals surface area contributed by atoms with Gasteiger partial charge in [-0.3, -0.25) is 4.79 Å². The van der Waals surface area contributed by atoms with Crippen molar-refractivity contribution in [2.24, 2.45) is 0 Å². The average Bonchev–Trinajstić information content (AvgIpc) is 2.45. The first kappa shape index (κ1) is 15.0. The molecule has 0 fully saturated rings. The Morgan fingerprint density at radius 2 is 1.95 bits per heavy atom. The molecule has 0 aliphatic rings. The Hall–Kier alpha value is -2.04. The first-order chi connectivity index (χ1) is 9.04. The highest BCUT2D eigenvalue weighted by Crippen LogP contribution is 2.25. The first-order valence-electron chi connectivity index (χ1n) is 6.16. The zero-order valence-corrected chi connectivity index (χ0v) is 11.7. The molecule has 0 N–H and O–H groups in total. The minimum atomic E-state index is -0.848. The molecular weight excluding hydrogens is 246 g/mol.